The largest absolute Gasteiger partial charge is 0.325 e. The van der Waals surface area contributed by atoms with Crippen LogP contribution in [-0.2, 0) is 0 Å². The van der Waals surface area contributed by atoms with Crippen molar-refractivity contribution in [3.05, 3.63) is 52.6 Å². The lowest BCUT2D eigenvalue weighted by Crippen LogP contribution is -2.36. The van der Waals surface area contributed by atoms with Crippen molar-refractivity contribution in [2.45, 2.75) is 47.5 Å². The van der Waals surface area contributed by atoms with Gasteiger partial charge in [0.15, 0.2) is 5.13 Å². The van der Waals surface area contributed by atoms with Gasteiger partial charge in [-0.25, -0.2) is 9.78 Å². The number of fused-ring (bicyclic) bond motifs is 1. The van der Waals surface area contributed by atoms with Crippen LogP contribution < -0.4 is 10.6 Å². The SMILES string of the molecule is CCCN(CCC)C(=O)Nc1nc2ccc(C(=O)Nc3c(C)cc(C)cc3C)cc2s1. The van der Waals surface area contributed by atoms with Crippen molar-refractivity contribution in [3.63, 3.8) is 0 Å². The number of carbonyl (C=O) groups is 2. The Morgan fingerprint density at radius 3 is 2.23 bits per heavy atom. The molecule has 3 aromatic rings. The van der Waals surface area contributed by atoms with Crippen LogP contribution >= 0.6 is 11.3 Å². The summed E-state index contributed by atoms with van der Waals surface area (Å²) in [6.07, 6.45) is 1.82. The Bertz CT molecular complexity index is 1080. The average molecular weight is 439 g/mol. The second kappa shape index (κ2) is 9.92. The number of benzene rings is 2. The van der Waals surface area contributed by atoms with Crippen LogP contribution in [0.15, 0.2) is 30.3 Å². The number of nitrogens with one attached hydrogen (secondary N) is 2. The first-order valence-electron chi connectivity index (χ1n) is 10.7. The molecule has 0 unspecified atom stereocenters. The molecule has 3 rings (SSSR count). The van der Waals surface area contributed by atoms with Crippen LogP contribution in [0.25, 0.3) is 10.2 Å². The van der Waals surface area contributed by atoms with E-state index >= 15 is 0 Å². The van der Waals surface area contributed by atoms with E-state index in [0.29, 0.717) is 23.8 Å². The molecule has 0 fully saturated rings. The summed E-state index contributed by atoms with van der Waals surface area (Å²) >= 11 is 1.38. The Kier molecular flexibility index (Phi) is 7.28. The predicted molar refractivity (Wildman–Crippen MR) is 129 cm³/mol. The van der Waals surface area contributed by atoms with E-state index in [1.807, 2.05) is 32.9 Å². The number of nitrogens with zero attached hydrogens (tertiary/aromatic N) is 2. The Balaban J connectivity index is 1.77. The van der Waals surface area contributed by atoms with Gasteiger partial charge in [-0.15, -0.1) is 0 Å². The van der Waals surface area contributed by atoms with Gasteiger partial charge in [-0.1, -0.05) is 42.9 Å². The van der Waals surface area contributed by atoms with Crippen LogP contribution in [-0.4, -0.2) is 34.9 Å². The van der Waals surface area contributed by atoms with E-state index in [1.165, 1.54) is 16.9 Å². The Morgan fingerprint density at radius 2 is 1.61 bits per heavy atom. The minimum Gasteiger partial charge on any atom is -0.325 e. The smallest absolute Gasteiger partial charge is 0.323 e. The quantitative estimate of drug-likeness (QED) is 0.466. The van der Waals surface area contributed by atoms with Crippen molar-refractivity contribution in [3.8, 4) is 0 Å². The highest BCUT2D eigenvalue weighted by Gasteiger charge is 2.16. The number of amides is 3. The molecule has 164 valence electrons. The molecule has 1 aromatic heterocycles. The zero-order valence-electron chi connectivity index (χ0n) is 18.8. The number of aromatic nitrogens is 1. The molecule has 3 amide bonds. The van der Waals surface area contributed by atoms with Crippen molar-refractivity contribution in [1.82, 2.24) is 9.88 Å². The van der Waals surface area contributed by atoms with Crippen LogP contribution in [0.1, 0.15) is 53.7 Å². The molecule has 0 saturated heterocycles. The molecular formula is C24H30N4O2S. The van der Waals surface area contributed by atoms with Crippen LogP contribution in [0.4, 0.5) is 15.6 Å². The van der Waals surface area contributed by atoms with Crippen molar-refractivity contribution < 1.29 is 9.59 Å². The van der Waals surface area contributed by atoms with Gasteiger partial charge in [0, 0.05) is 24.3 Å². The minimum absolute atomic E-state index is 0.133. The van der Waals surface area contributed by atoms with Gasteiger partial charge in [0.2, 0.25) is 0 Å². The molecule has 2 N–H and O–H groups in total. The van der Waals surface area contributed by atoms with Crippen molar-refractivity contribution in [2.24, 2.45) is 0 Å². The third-order valence-corrected chi connectivity index (χ3v) is 5.99. The highest BCUT2D eigenvalue weighted by molar-refractivity contribution is 7.22. The second-order valence-corrected chi connectivity index (χ2v) is 8.88. The predicted octanol–water partition coefficient (Wildman–Crippen LogP) is 6.13. The average Bonchev–Trinajstić information content (AvgIpc) is 3.11. The summed E-state index contributed by atoms with van der Waals surface area (Å²) in [7, 11) is 0. The molecule has 0 radical (unpaired) electrons. The van der Waals surface area contributed by atoms with Crippen molar-refractivity contribution in [2.75, 3.05) is 23.7 Å². The maximum Gasteiger partial charge on any atom is 0.323 e. The van der Waals surface area contributed by atoms with Gasteiger partial charge >= 0.3 is 6.03 Å². The summed E-state index contributed by atoms with van der Waals surface area (Å²) in [6.45, 7) is 11.6. The Morgan fingerprint density at radius 1 is 0.968 bits per heavy atom. The number of urea groups is 1. The highest BCUT2D eigenvalue weighted by atomic mass is 32.1. The number of hydrogen-bond acceptors (Lipinski definition) is 4. The summed E-state index contributed by atoms with van der Waals surface area (Å²) in [5, 5.41) is 6.48. The van der Waals surface area contributed by atoms with Crippen LogP contribution in [0.5, 0.6) is 0 Å². The lowest BCUT2D eigenvalue weighted by Gasteiger charge is -2.20. The molecule has 7 heteroatoms. The standard InChI is InChI=1S/C24H30N4O2S/c1-6-10-28(11-7-2)24(30)27-23-25-19-9-8-18(14-20(19)31-23)22(29)26-21-16(4)12-15(3)13-17(21)5/h8-9,12-14H,6-7,10-11H2,1-5H3,(H,26,29)(H,25,27,30). The summed E-state index contributed by atoms with van der Waals surface area (Å²) in [5.74, 6) is -0.159. The molecule has 0 bridgehead atoms. The number of anilines is 2. The van der Waals surface area contributed by atoms with Gasteiger partial charge in [0.25, 0.3) is 5.91 Å². The van der Waals surface area contributed by atoms with Crippen molar-refractivity contribution >= 4 is 44.3 Å². The minimum atomic E-state index is -0.159. The third-order valence-electron chi connectivity index (χ3n) is 5.05. The maximum absolute atomic E-state index is 12.9. The fraction of sp³-hybridized carbons (Fsp3) is 0.375. The van der Waals surface area contributed by atoms with Crippen LogP contribution in [0, 0.1) is 20.8 Å². The van der Waals surface area contributed by atoms with E-state index in [9.17, 15) is 9.59 Å². The monoisotopic (exact) mass is 438 g/mol. The van der Waals surface area contributed by atoms with Gasteiger partial charge in [-0.3, -0.25) is 10.1 Å². The lowest BCUT2D eigenvalue weighted by molar-refractivity contribution is 0.102. The van der Waals surface area contributed by atoms with Crippen LogP contribution in [0.3, 0.4) is 0 Å². The topological polar surface area (TPSA) is 74.3 Å². The number of thiazole rings is 1. The molecule has 0 aliphatic rings. The summed E-state index contributed by atoms with van der Waals surface area (Å²) in [4.78, 5) is 31.7. The highest BCUT2D eigenvalue weighted by Crippen LogP contribution is 2.28. The number of aryl methyl sites for hydroxylation is 3. The van der Waals surface area contributed by atoms with Gasteiger partial charge in [0.05, 0.1) is 10.2 Å². The molecule has 6 nitrogen and oxygen atoms in total. The zero-order chi connectivity index (χ0) is 22.5. The van der Waals surface area contributed by atoms with Gasteiger partial charge in [0.1, 0.15) is 0 Å². The van der Waals surface area contributed by atoms with Crippen molar-refractivity contribution in [1.29, 1.82) is 0 Å². The summed E-state index contributed by atoms with van der Waals surface area (Å²) in [6, 6.07) is 9.40. The van der Waals surface area contributed by atoms with E-state index in [-0.39, 0.29) is 11.9 Å². The summed E-state index contributed by atoms with van der Waals surface area (Å²) in [5.41, 5.74) is 5.42. The van der Waals surface area contributed by atoms with Gasteiger partial charge in [-0.05, 0) is 62.9 Å². The molecule has 0 aliphatic carbocycles. The number of carbonyl (C=O) groups excluding carboxylic acids is 2. The molecule has 0 atom stereocenters. The Hall–Kier alpha value is -2.93. The fourth-order valence-electron chi connectivity index (χ4n) is 3.71. The lowest BCUT2D eigenvalue weighted by atomic mass is 10.0. The Labute approximate surface area is 187 Å². The molecule has 0 spiro atoms. The first-order chi connectivity index (χ1) is 14.8. The van der Waals surface area contributed by atoms with E-state index in [0.717, 1.165) is 39.9 Å². The molecular weight excluding hydrogens is 408 g/mol. The maximum atomic E-state index is 12.9. The molecule has 2 aromatic carbocycles. The van der Waals surface area contributed by atoms with E-state index in [4.69, 9.17) is 0 Å². The molecule has 1 heterocycles. The third kappa shape index (κ3) is 5.41. The first-order valence-corrected chi connectivity index (χ1v) is 11.5. The van der Waals surface area contributed by atoms with E-state index < -0.39 is 0 Å². The number of hydrogen-bond donors (Lipinski definition) is 2. The van der Waals surface area contributed by atoms with Gasteiger partial charge in [-0.2, -0.15) is 0 Å². The summed E-state index contributed by atoms with van der Waals surface area (Å²) < 4.78 is 0.859. The van der Waals surface area contributed by atoms with E-state index in [2.05, 4.69) is 41.6 Å². The van der Waals surface area contributed by atoms with E-state index in [1.54, 1.807) is 11.0 Å². The molecule has 0 aliphatic heterocycles. The first kappa shape index (κ1) is 22.7. The zero-order valence-corrected chi connectivity index (χ0v) is 19.7. The normalized spacial score (nSPS) is 10.9. The number of rotatable bonds is 7. The van der Waals surface area contributed by atoms with Gasteiger partial charge < -0.3 is 10.2 Å². The second-order valence-electron chi connectivity index (χ2n) is 7.85. The fourth-order valence-corrected chi connectivity index (χ4v) is 4.60. The molecule has 0 saturated carbocycles. The van der Waals surface area contributed by atoms with Crippen LogP contribution in [0.2, 0.25) is 0 Å². The molecule has 31 heavy (non-hydrogen) atoms.